The Balaban J connectivity index is 0. The van der Waals surface area contributed by atoms with Gasteiger partial charge in [0.15, 0.2) is 0 Å². The van der Waals surface area contributed by atoms with Crippen LogP contribution in [0.2, 0.25) is 0 Å². The maximum atomic E-state index is 10.6. The van der Waals surface area contributed by atoms with Gasteiger partial charge >= 0.3 is 5.97 Å². The van der Waals surface area contributed by atoms with Gasteiger partial charge in [-0.05, 0) is 26.2 Å². The van der Waals surface area contributed by atoms with Crippen molar-refractivity contribution < 1.29 is 14.3 Å². The number of rotatable bonds is 8. The number of amides is 1. The van der Waals surface area contributed by atoms with Gasteiger partial charge < -0.3 is 15.4 Å². The molecule has 0 atom stereocenters. The Morgan fingerprint density at radius 1 is 1.20 bits per heavy atom. The van der Waals surface area contributed by atoms with Crippen molar-refractivity contribution in [3.8, 4) is 0 Å². The van der Waals surface area contributed by atoms with Crippen molar-refractivity contribution in [1.29, 1.82) is 0 Å². The fourth-order valence-corrected chi connectivity index (χ4v) is 1.17. The van der Waals surface area contributed by atoms with E-state index in [1.54, 1.807) is 13.8 Å². The van der Waals surface area contributed by atoms with Crippen LogP contribution >= 0.6 is 0 Å². The minimum absolute atomic E-state index is 0.0449. The summed E-state index contributed by atoms with van der Waals surface area (Å²) in [5, 5.41) is 0. The van der Waals surface area contributed by atoms with E-state index in [1.165, 1.54) is 0 Å². The predicted molar refractivity (Wildman–Crippen MR) is 82.2 cm³/mol. The summed E-state index contributed by atoms with van der Waals surface area (Å²) in [7, 11) is 0. The van der Waals surface area contributed by atoms with Crippen molar-refractivity contribution >= 4 is 12.4 Å². The van der Waals surface area contributed by atoms with Gasteiger partial charge in [0.25, 0.3) is 0 Å². The lowest BCUT2D eigenvalue weighted by Crippen LogP contribution is -2.30. The highest BCUT2D eigenvalue weighted by molar-refractivity contribution is 5.71. The molecule has 120 valence electrons. The molecule has 0 aromatic rings. The number of carbonyl (C=O) groups excluding carboxylic acids is 2. The van der Waals surface area contributed by atoms with Crippen molar-refractivity contribution in [2.24, 2.45) is 17.6 Å². The van der Waals surface area contributed by atoms with Gasteiger partial charge in [-0.3, -0.25) is 9.59 Å². The summed E-state index contributed by atoms with van der Waals surface area (Å²) in [5.74, 6) is 0.452. The van der Waals surface area contributed by atoms with Crippen molar-refractivity contribution in [2.45, 2.75) is 54.0 Å². The minimum atomic E-state index is -0.180. The van der Waals surface area contributed by atoms with Gasteiger partial charge in [-0.1, -0.05) is 27.7 Å². The average molecular weight is 288 g/mol. The summed E-state index contributed by atoms with van der Waals surface area (Å²) < 4.78 is 4.69. The molecule has 0 spiro atoms. The maximum Gasteiger partial charge on any atom is 0.308 e. The normalized spacial score (nSPS) is 10.3. The van der Waals surface area contributed by atoms with Crippen LogP contribution in [-0.2, 0) is 14.3 Å². The van der Waals surface area contributed by atoms with Gasteiger partial charge in [0, 0.05) is 19.1 Å². The van der Waals surface area contributed by atoms with Crippen LogP contribution in [0.1, 0.15) is 48.0 Å². The van der Waals surface area contributed by atoms with Gasteiger partial charge in [0.05, 0.1) is 5.92 Å². The highest BCUT2D eigenvalue weighted by atomic mass is 16.5. The summed E-state index contributed by atoms with van der Waals surface area (Å²) in [5.41, 5.74) is 5.10. The summed E-state index contributed by atoms with van der Waals surface area (Å²) in [6.45, 7) is 13.6. The number of carbonyl (C=O) groups is 2. The molecule has 0 saturated heterocycles. The Bertz CT molecular complexity index is 254. The first-order valence-electron chi connectivity index (χ1n) is 7.33. The molecular formula is C15H32N2O3. The minimum Gasteiger partial charge on any atom is -0.464 e. The van der Waals surface area contributed by atoms with E-state index in [0.29, 0.717) is 25.1 Å². The van der Waals surface area contributed by atoms with Crippen molar-refractivity contribution in [2.75, 3.05) is 19.7 Å². The second-order valence-corrected chi connectivity index (χ2v) is 5.73. The van der Waals surface area contributed by atoms with E-state index in [2.05, 4.69) is 18.6 Å². The van der Waals surface area contributed by atoms with E-state index in [4.69, 9.17) is 5.73 Å². The molecule has 0 aromatic heterocycles. The molecule has 1 amide bonds. The number of hydrogen-bond acceptors (Lipinski definition) is 4. The average Bonchev–Trinajstić information content (AvgIpc) is 2.36. The molecule has 0 saturated carbocycles. The van der Waals surface area contributed by atoms with Gasteiger partial charge in [-0.25, -0.2) is 0 Å². The molecule has 5 heteroatoms. The first-order valence-corrected chi connectivity index (χ1v) is 7.33. The lowest BCUT2D eigenvalue weighted by Gasteiger charge is -2.22. The second-order valence-electron chi connectivity index (χ2n) is 5.73. The highest BCUT2D eigenvalue weighted by Crippen LogP contribution is 2.03. The van der Waals surface area contributed by atoms with Gasteiger partial charge in [-0.15, -0.1) is 0 Å². The largest absolute Gasteiger partial charge is 0.464 e. The van der Waals surface area contributed by atoms with Crippen LogP contribution in [0.4, 0.5) is 0 Å². The number of nitrogens with zero attached hydrogens (tertiary/aromatic N) is 1. The Morgan fingerprint density at radius 2 is 1.75 bits per heavy atom. The highest BCUT2D eigenvalue weighted by Gasteiger charge is 2.06. The third kappa shape index (κ3) is 13.3. The molecule has 0 aliphatic carbocycles. The summed E-state index contributed by atoms with van der Waals surface area (Å²) in [6.07, 6.45) is 2.03. The first kappa shape index (κ1) is 21.2. The number of esters is 1. The zero-order chi connectivity index (χ0) is 16.1. The Labute approximate surface area is 123 Å². The molecule has 0 aromatic carbocycles. The van der Waals surface area contributed by atoms with Crippen LogP contribution in [-0.4, -0.2) is 43.0 Å². The molecule has 0 bridgehead atoms. The van der Waals surface area contributed by atoms with Crippen LogP contribution in [0.5, 0.6) is 0 Å². The van der Waals surface area contributed by atoms with Crippen molar-refractivity contribution in [3.63, 3.8) is 0 Å². The van der Waals surface area contributed by atoms with E-state index in [-0.39, 0.29) is 11.9 Å². The maximum absolute atomic E-state index is 10.6. The molecule has 0 aliphatic rings. The van der Waals surface area contributed by atoms with E-state index in [9.17, 15) is 9.59 Å². The Morgan fingerprint density at radius 3 is 2.05 bits per heavy atom. The first-order chi connectivity index (χ1) is 9.26. The van der Waals surface area contributed by atoms with Crippen LogP contribution in [0, 0.1) is 11.8 Å². The predicted octanol–water partition coefficient (Wildman–Crippen LogP) is 2.04. The van der Waals surface area contributed by atoms with E-state index >= 15 is 0 Å². The number of nitrogens with two attached hydrogens (primary N) is 1. The molecule has 0 fully saturated rings. The number of hydrogen-bond donors (Lipinski definition) is 1. The van der Waals surface area contributed by atoms with Crippen LogP contribution in [0.25, 0.3) is 0 Å². The fourth-order valence-electron chi connectivity index (χ4n) is 1.17. The van der Waals surface area contributed by atoms with E-state index < -0.39 is 0 Å². The van der Waals surface area contributed by atoms with Crippen molar-refractivity contribution in [3.05, 3.63) is 0 Å². The third-order valence-corrected chi connectivity index (χ3v) is 2.60. The summed E-state index contributed by atoms with van der Waals surface area (Å²) in [4.78, 5) is 22.9. The molecule has 0 radical (unpaired) electrons. The topological polar surface area (TPSA) is 72.6 Å². The molecule has 2 N–H and O–H groups in total. The zero-order valence-corrected chi connectivity index (χ0v) is 13.9. The lowest BCUT2D eigenvalue weighted by atomic mass is 10.1. The second kappa shape index (κ2) is 12.9. The molecular weight excluding hydrogens is 256 g/mol. The van der Waals surface area contributed by atoms with Crippen molar-refractivity contribution in [1.82, 2.24) is 4.90 Å². The SMILES string of the molecule is CC(C)C(=O)OCCN.CC(C)CCN(C=O)C(C)C. The number of ether oxygens (including phenoxy) is 1. The van der Waals surface area contributed by atoms with Crippen LogP contribution < -0.4 is 5.73 Å². The molecule has 0 rings (SSSR count). The molecule has 0 unspecified atom stereocenters. The standard InChI is InChI=1S/C9H19NO.C6H13NO2/c1-8(2)5-6-10(7-11)9(3)4;1-5(2)6(8)9-4-3-7/h7-9H,5-6H2,1-4H3;5H,3-4,7H2,1-2H3. The van der Waals surface area contributed by atoms with Gasteiger partial charge in [0.1, 0.15) is 6.61 Å². The molecule has 20 heavy (non-hydrogen) atoms. The smallest absolute Gasteiger partial charge is 0.308 e. The third-order valence-electron chi connectivity index (χ3n) is 2.60. The zero-order valence-electron chi connectivity index (χ0n) is 13.9. The molecule has 0 aliphatic heterocycles. The summed E-state index contributed by atoms with van der Waals surface area (Å²) in [6, 6.07) is 0.339. The van der Waals surface area contributed by atoms with E-state index in [0.717, 1.165) is 19.4 Å². The van der Waals surface area contributed by atoms with Gasteiger partial charge in [-0.2, -0.15) is 0 Å². The Hall–Kier alpha value is -1.10. The lowest BCUT2D eigenvalue weighted by molar-refractivity contribution is -0.147. The molecule has 0 heterocycles. The van der Waals surface area contributed by atoms with E-state index in [1.807, 2.05) is 18.7 Å². The van der Waals surface area contributed by atoms with Crippen LogP contribution in [0.15, 0.2) is 0 Å². The van der Waals surface area contributed by atoms with Gasteiger partial charge in [0.2, 0.25) is 6.41 Å². The van der Waals surface area contributed by atoms with Crippen LogP contribution in [0.3, 0.4) is 0 Å². The Kier molecular flexibility index (Phi) is 13.7. The fraction of sp³-hybridized carbons (Fsp3) is 0.867. The quantitative estimate of drug-likeness (QED) is 0.548. The summed E-state index contributed by atoms with van der Waals surface area (Å²) >= 11 is 0. The monoisotopic (exact) mass is 288 g/mol. The molecule has 5 nitrogen and oxygen atoms in total.